The molecule has 1 aromatic heterocycles. The van der Waals surface area contributed by atoms with E-state index in [2.05, 4.69) is 15.2 Å². The summed E-state index contributed by atoms with van der Waals surface area (Å²) < 4.78 is 24.1. The number of aryl methyl sites for hydroxylation is 1. The van der Waals surface area contributed by atoms with Crippen LogP contribution in [0.5, 0.6) is 0 Å². The molecule has 1 aliphatic carbocycles. The van der Waals surface area contributed by atoms with Gasteiger partial charge in [-0.3, -0.25) is 4.79 Å². The van der Waals surface area contributed by atoms with Crippen LogP contribution in [0.3, 0.4) is 0 Å². The van der Waals surface area contributed by atoms with Crippen molar-refractivity contribution in [2.75, 3.05) is 34.5 Å². The highest BCUT2D eigenvalue weighted by atomic mass is 32.2. The lowest BCUT2D eigenvalue weighted by molar-refractivity contribution is -0.118. The number of aromatic nitrogens is 2. The number of hydrogen-bond acceptors (Lipinski definition) is 7. The highest BCUT2D eigenvalue weighted by molar-refractivity contribution is 7.91. The van der Waals surface area contributed by atoms with Crippen LogP contribution in [-0.2, 0) is 21.1 Å². The summed E-state index contributed by atoms with van der Waals surface area (Å²) in [6, 6.07) is 5.66. The molecule has 9 heteroatoms. The predicted molar refractivity (Wildman–Crippen MR) is 115 cm³/mol. The highest BCUT2D eigenvalue weighted by Crippen LogP contribution is 2.36. The number of fused-ring (bicyclic) bond motifs is 2. The summed E-state index contributed by atoms with van der Waals surface area (Å²) in [5.41, 5.74) is 2.32. The Morgan fingerprint density at radius 1 is 1.17 bits per heavy atom. The van der Waals surface area contributed by atoms with Crippen LogP contribution in [-0.4, -0.2) is 49.7 Å². The SMILES string of the molecule is CN1C(=O)CCN(C2CCCC2)c2nc(Nc3ccc4c(c3)CCS4(=O)=O)ncc21. The first-order valence-corrected chi connectivity index (χ1v) is 12.1. The first-order valence-electron chi connectivity index (χ1n) is 10.5. The first-order chi connectivity index (χ1) is 14.4. The fraction of sp³-hybridized carbons (Fsp3) is 0.476. The summed E-state index contributed by atoms with van der Waals surface area (Å²) in [5.74, 6) is 1.47. The van der Waals surface area contributed by atoms with E-state index in [0.717, 1.165) is 35.6 Å². The number of carbonyl (C=O) groups excluding carboxylic acids is 1. The lowest BCUT2D eigenvalue weighted by atomic mass is 10.1. The molecule has 5 rings (SSSR count). The van der Waals surface area contributed by atoms with Gasteiger partial charge < -0.3 is 15.1 Å². The van der Waals surface area contributed by atoms with E-state index in [0.29, 0.717) is 36.3 Å². The highest BCUT2D eigenvalue weighted by Gasteiger charge is 2.32. The monoisotopic (exact) mass is 427 g/mol. The maximum atomic E-state index is 12.5. The third kappa shape index (κ3) is 3.30. The maximum Gasteiger partial charge on any atom is 0.229 e. The molecule has 0 atom stereocenters. The van der Waals surface area contributed by atoms with E-state index in [4.69, 9.17) is 4.98 Å². The van der Waals surface area contributed by atoms with Crippen molar-refractivity contribution in [2.45, 2.75) is 49.5 Å². The maximum absolute atomic E-state index is 12.5. The number of sulfone groups is 1. The average Bonchev–Trinajstić information content (AvgIpc) is 3.33. The van der Waals surface area contributed by atoms with Crippen LogP contribution >= 0.6 is 0 Å². The molecule has 3 heterocycles. The van der Waals surface area contributed by atoms with Gasteiger partial charge in [0.25, 0.3) is 0 Å². The Labute approximate surface area is 176 Å². The van der Waals surface area contributed by atoms with Gasteiger partial charge in [0.2, 0.25) is 11.9 Å². The number of hydrogen-bond donors (Lipinski definition) is 1. The number of rotatable bonds is 3. The quantitative estimate of drug-likeness (QED) is 0.804. The molecule has 2 aliphatic heterocycles. The predicted octanol–water partition coefficient (Wildman–Crippen LogP) is 2.67. The van der Waals surface area contributed by atoms with E-state index in [1.807, 2.05) is 6.07 Å². The Kier molecular flexibility index (Phi) is 4.65. The smallest absolute Gasteiger partial charge is 0.229 e. The molecule has 8 nitrogen and oxygen atoms in total. The van der Waals surface area contributed by atoms with E-state index in [9.17, 15) is 13.2 Å². The van der Waals surface area contributed by atoms with Gasteiger partial charge in [-0.15, -0.1) is 0 Å². The molecule has 1 fully saturated rings. The number of anilines is 4. The fourth-order valence-corrected chi connectivity index (χ4v) is 6.25. The van der Waals surface area contributed by atoms with E-state index in [1.54, 1.807) is 30.3 Å². The van der Waals surface area contributed by atoms with Gasteiger partial charge in [-0.05, 0) is 43.0 Å². The van der Waals surface area contributed by atoms with Crippen molar-refractivity contribution in [3.05, 3.63) is 30.0 Å². The molecule has 1 amide bonds. The van der Waals surface area contributed by atoms with Gasteiger partial charge in [0.1, 0.15) is 5.69 Å². The zero-order valence-corrected chi connectivity index (χ0v) is 17.8. The summed E-state index contributed by atoms with van der Waals surface area (Å²) in [7, 11) is -1.37. The molecule has 1 N–H and O–H groups in total. The third-order valence-corrected chi connectivity index (χ3v) is 8.19. The van der Waals surface area contributed by atoms with E-state index in [1.165, 1.54) is 12.8 Å². The van der Waals surface area contributed by atoms with Crippen LogP contribution in [0, 0.1) is 0 Å². The van der Waals surface area contributed by atoms with Crippen LogP contribution < -0.4 is 15.1 Å². The zero-order valence-electron chi connectivity index (χ0n) is 17.0. The topological polar surface area (TPSA) is 95.5 Å². The Morgan fingerprint density at radius 2 is 1.97 bits per heavy atom. The Hall–Kier alpha value is -2.68. The Balaban J connectivity index is 1.48. The molecule has 3 aliphatic rings. The molecule has 0 radical (unpaired) electrons. The van der Waals surface area contributed by atoms with E-state index >= 15 is 0 Å². The summed E-state index contributed by atoms with van der Waals surface area (Å²) in [5, 5.41) is 3.22. The molecule has 0 spiro atoms. The van der Waals surface area contributed by atoms with Crippen LogP contribution in [0.1, 0.15) is 37.7 Å². The lowest BCUT2D eigenvalue weighted by Gasteiger charge is -2.30. The lowest BCUT2D eigenvalue weighted by Crippen LogP contribution is -2.34. The van der Waals surface area contributed by atoms with Crippen molar-refractivity contribution in [2.24, 2.45) is 0 Å². The Bertz CT molecular complexity index is 1110. The average molecular weight is 428 g/mol. The molecule has 30 heavy (non-hydrogen) atoms. The number of carbonyl (C=O) groups is 1. The van der Waals surface area contributed by atoms with Gasteiger partial charge in [0, 0.05) is 31.7 Å². The second-order valence-electron chi connectivity index (χ2n) is 8.25. The van der Waals surface area contributed by atoms with Gasteiger partial charge in [-0.1, -0.05) is 12.8 Å². The number of amides is 1. The molecule has 0 bridgehead atoms. The molecular formula is C21H25N5O3S. The molecule has 1 aromatic carbocycles. The van der Waals surface area contributed by atoms with Crippen LogP contribution in [0.2, 0.25) is 0 Å². The van der Waals surface area contributed by atoms with Crippen molar-refractivity contribution in [1.82, 2.24) is 9.97 Å². The van der Waals surface area contributed by atoms with Crippen LogP contribution in [0.4, 0.5) is 23.1 Å². The second-order valence-corrected chi connectivity index (χ2v) is 10.3. The molecule has 2 aromatic rings. The minimum atomic E-state index is -3.14. The number of benzene rings is 1. The Morgan fingerprint density at radius 3 is 2.77 bits per heavy atom. The largest absolute Gasteiger partial charge is 0.351 e. The van der Waals surface area contributed by atoms with Crippen molar-refractivity contribution in [3.8, 4) is 0 Å². The first kappa shape index (κ1) is 19.3. The van der Waals surface area contributed by atoms with Gasteiger partial charge in [0.05, 0.1) is 16.8 Å². The third-order valence-electron chi connectivity index (χ3n) is 6.38. The number of nitrogens with zero attached hydrogens (tertiary/aromatic N) is 4. The van der Waals surface area contributed by atoms with Crippen LogP contribution in [0.25, 0.3) is 0 Å². The normalized spacial score (nSPS) is 20.8. The minimum absolute atomic E-state index is 0.0703. The minimum Gasteiger partial charge on any atom is -0.351 e. The van der Waals surface area contributed by atoms with E-state index < -0.39 is 9.84 Å². The zero-order chi connectivity index (χ0) is 20.9. The summed E-state index contributed by atoms with van der Waals surface area (Å²) in [6.07, 6.45) is 7.33. The van der Waals surface area contributed by atoms with Gasteiger partial charge in [0.15, 0.2) is 15.7 Å². The van der Waals surface area contributed by atoms with Crippen molar-refractivity contribution >= 4 is 38.9 Å². The van der Waals surface area contributed by atoms with Crippen LogP contribution in [0.15, 0.2) is 29.3 Å². The number of nitrogens with one attached hydrogen (secondary N) is 1. The summed E-state index contributed by atoms with van der Waals surface area (Å²) in [4.78, 5) is 26.0. The van der Waals surface area contributed by atoms with Gasteiger partial charge >= 0.3 is 0 Å². The van der Waals surface area contributed by atoms with Crippen molar-refractivity contribution in [1.29, 1.82) is 0 Å². The fourth-order valence-electron chi connectivity index (χ4n) is 4.71. The van der Waals surface area contributed by atoms with Crippen molar-refractivity contribution < 1.29 is 13.2 Å². The molecule has 158 valence electrons. The standard InChI is InChI=1S/C21H25N5O3S/c1-25-17-13-22-21(23-15-6-7-18-14(12-15)9-11-30(18,28)29)24-20(17)26(10-8-19(25)27)16-4-2-3-5-16/h6-7,12-13,16H,2-5,8-11H2,1H3,(H,22,23,24). The summed E-state index contributed by atoms with van der Waals surface area (Å²) in [6.45, 7) is 0.661. The molecular weight excluding hydrogens is 402 g/mol. The molecule has 0 unspecified atom stereocenters. The summed E-state index contributed by atoms with van der Waals surface area (Å²) >= 11 is 0. The van der Waals surface area contributed by atoms with Gasteiger partial charge in [-0.2, -0.15) is 4.98 Å². The van der Waals surface area contributed by atoms with Crippen molar-refractivity contribution in [3.63, 3.8) is 0 Å². The molecule has 0 saturated heterocycles. The van der Waals surface area contributed by atoms with E-state index in [-0.39, 0.29) is 11.7 Å². The van der Waals surface area contributed by atoms with Gasteiger partial charge in [-0.25, -0.2) is 13.4 Å². The molecule has 1 saturated carbocycles. The second kappa shape index (κ2) is 7.23.